The van der Waals surface area contributed by atoms with Crippen LogP contribution in [0.5, 0.6) is 5.75 Å². The van der Waals surface area contributed by atoms with Gasteiger partial charge in [-0.3, -0.25) is 19.4 Å². The minimum Gasteiger partial charge on any atom is -0.484 e. The molecule has 1 aromatic carbocycles. The predicted molar refractivity (Wildman–Crippen MR) is 109 cm³/mol. The van der Waals surface area contributed by atoms with Crippen molar-refractivity contribution in [3.63, 3.8) is 0 Å². The summed E-state index contributed by atoms with van der Waals surface area (Å²) in [5.74, 6) is -1.48. The number of amides is 1. The van der Waals surface area contributed by atoms with Crippen molar-refractivity contribution in [2.45, 2.75) is 45.1 Å². The number of esters is 1. The number of hydrogen-bond acceptors (Lipinski definition) is 6. The molecular weight excluding hydrogens is 372 g/mol. The quantitative estimate of drug-likeness (QED) is 0.452. The van der Waals surface area contributed by atoms with Gasteiger partial charge in [0.2, 0.25) is 5.78 Å². The van der Waals surface area contributed by atoms with Gasteiger partial charge in [0, 0.05) is 11.8 Å². The van der Waals surface area contributed by atoms with Crippen molar-refractivity contribution in [3.05, 3.63) is 35.5 Å². The molecule has 1 aromatic rings. The Balaban J connectivity index is 1.55. The summed E-state index contributed by atoms with van der Waals surface area (Å²) >= 11 is 0. The maximum absolute atomic E-state index is 12.4. The number of aliphatic imine (C=N–C) groups is 1. The molecule has 3 rings (SSSR count). The van der Waals surface area contributed by atoms with Crippen LogP contribution in [0.1, 0.15) is 44.6 Å². The highest BCUT2D eigenvalue weighted by molar-refractivity contribution is 6.28. The topological polar surface area (TPSA) is 94.1 Å². The lowest BCUT2D eigenvalue weighted by atomic mass is 9.95. The van der Waals surface area contributed by atoms with E-state index in [1.54, 1.807) is 37.3 Å². The molecule has 0 spiro atoms. The summed E-state index contributed by atoms with van der Waals surface area (Å²) < 4.78 is 10.2. The highest BCUT2D eigenvalue weighted by Gasteiger charge is 2.37. The van der Waals surface area contributed by atoms with Crippen molar-refractivity contribution in [3.8, 4) is 5.75 Å². The fourth-order valence-electron chi connectivity index (χ4n) is 3.63. The standard InChI is InChI=1S/C22H26N2O5/c1-14-20(22(27)28-2)21(26)18(23-14)12-15-8-10-17(11-9-15)29-13-19(25)24-16-6-4-3-5-7-16/h8-12,16,20H,3-7,13H2,1-2H3,(H,24,25)/b18-12-. The Hall–Kier alpha value is -2.96. The molecule has 1 amide bonds. The van der Waals surface area contributed by atoms with E-state index in [1.807, 2.05) is 0 Å². The smallest absolute Gasteiger partial charge is 0.322 e. The van der Waals surface area contributed by atoms with Crippen molar-refractivity contribution in [2.24, 2.45) is 10.9 Å². The van der Waals surface area contributed by atoms with Crippen LogP contribution in [0, 0.1) is 5.92 Å². The Morgan fingerprint density at radius 2 is 1.86 bits per heavy atom. The summed E-state index contributed by atoms with van der Waals surface area (Å²) in [6, 6.07) is 7.26. The number of carbonyl (C=O) groups is 3. The van der Waals surface area contributed by atoms with Crippen LogP contribution in [-0.4, -0.2) is 43.1 Å². The molecule has 1 aliphatic heterocycles. The predicted octanol–water partition coefficient (Wildman–Crippen LogP) is 2.69. The molecule has 1 atom stereocenters. The van der Waals surface area contributed by atoms with E-state index >= 15 is 0 Å². The summed E-state index contributed by atoms with van der Waals surface area (Å²) in [5.41, 5.74) is 1.39. The Morgan fingerprint density at radius 1 is 1.17 bits per heavy atom. The Kier molecular flexibility index (Phi) is 6.80. The second kappa shape index (κ2) is 9.49. The first-order chi connectivity index (χ1) is 14.0. The van der Waals surface area contributed by atoms with Gasteiger partial charge in [0.15, 0.2) is 12.5 Å². The average Bonchev–Trinajstić information content (AvgIpc) is 3.00. The zero-order valence-corrected chi connectivity index (χ0v) is 16.8. The van der Waals surface area contributed by atoms with Gasteiger partial charge in [-0.05, 0) is 43.5 Å². The molecule has 1 unspecified atom stereocenters. The zero-order chi connectivity index (χ0) is 20.8. The van der Waals surface area contributed by atoms with Gasteiger partial charge in [0.1, 0.15) is 11.4 Å². The summed E-state index contributed by atoms with van der Waals surface area (Å²) in [6.45, 7) is 1.61. The first-order valence-corrected chi connectivity index (χ1v) is 9.89. The second-order valence-electron chi connectivity index (χ2n) is 7.36. The molecular formula is C22H26N2O5. The van der Waals surface area contributed by atoms with Crippen LogP contribution < -0.4 is 10.1 Å². The van der Waals surface area contributed by atoms with Crippen LogP contribution in [0.25, 0.3) is 6.08 Å². The van der Waals surface area contributed by atoms with Crippen LogP contribution in [0.2, 0.25) is 0 Å². The molecule has 154 valence electrons. The molecule has 29 heavy (non-hydrogen) atoms. The number of Topliss-reactive ketones (excluding diaryl/α,β-unsaturated/α-hetero) is 1. The molecule has 0 radical (unpaired) electrons. The number of nitrogens with zero attached hydrogens (tertiary/aromatic N) is 1. The summed E-state index contributed by atoms with van der Waals surface area (Å²) in [6.07, 6.45) is 7.25. The molecule has 7 nitrogen and oxygen atoms in total. The molecule has 0 saturated heterocycles. The van der Waals surface area contributed by atoms with Crippen LogP contribution in [-0.2, 0) is 19.1 Å². The van der Waals surface area contributed by atoms with Gasteiger partial charge < -0.3 is 14.8 Å². The van der Waals surface area contributed by atoms with Gasteiger partial charge in [0.05, 0.1) is 7.11 Å². The van der Waals surface area contributed by atoms with E-state index in [4.69, 9.17) is 4.74 Å². The van der Waals surface area contributed by atoms with Crippen molar-refractivity contribution >= 4 is 29.4 Å². The van der Waals surface area contributed by atoms with Crippen LogP contribution >= 0.6 is 0 Å². The number of ketones is 1. The number of benzene rings is 1. The van der Waals surface area contributed by atoms with E-state index in [2.05, 4.69) is 15.0 Å². The van der Waals surface area contributed by atoms with E-state index in [0.717, 1.165) is 31.2 Å². The number of ether oxygens (including phenoxy) is 2. The van der Waals surface area contributed by atoms with Gasteiger partial charge >= 0.3 is 5.97 Å². The fourth-order valence-corrected chi connectivity index (χ4v) is 3.63. The number of hydrogen-bond donors (Lipinski definition) is 1. The van der Waals surface area contributed by atoms with Gasteiger partial charge in [-0.1, -0.05) is 31.4 Å². The lowest BCUT2D eigenvalue weighted by Gasteiger charge is -2.22. The number of allylic oxidation sites excluding steroid dienone is 1. The minimum atomic E-state index is -0.962. The Labute approximate surface area is 170 Å². The number of methoxy groups -OCH3 is 1. The lowest BCUT2D eigenvalue weighted by molar-refractivity contribution is -0.145. The minimum absolute atomic E-state index is 0.0281. The van der Waals surface area contributed by atoms with Crippen molar-refractivity contribution in [1.29, 1.82) is 0 Å². The molecule has 1 fully saturated rings. The van der Waals surface area contributed by atoms with E-state index in [0.29, 0.717) is 11.5 Å². The third-order valence-electron chi connectivity index (χ3n) is 5.19. The molecule has 1 N–H and O–H groups in total. The maximum atomic E-state index is 12.4. The Morgan fingerprint density at radius 3 is 2.52 bits per heavy atom. The third-order valence-corrected chi connectivity index (χ3v) is 5.19. The van der Waals surface area contributed by atoms with Crippen LogP contribution in [0.3, 0.4) is 0 Å². The zero-order valence-electron chi connectivity index (χ0n) is 16.8. The highest BCUT2D eigenvalue weighted by Crippen LogP contribution is 2.24. The first-order valence-electron chi connectivity index (χ1n) is 9.89. The van der Waals surface area contributed by atoms with Crippen molar-refractivity contribution in [2.75, 3.05) is 13.7 Å². The molecule has 7 heteroatoms. The first kappa shape index (κ1) is 20.8. The Bertz CT molecular complexity index is 835. The fraction of sp³-hybridized carbons (Fsp3) is 0.455. The SMILES string of the molecule is COC(=O)C1C(=O)/C(=C/c2ccc(OCC(=O)NC3CCCCC3)cc2)N=C1C. The summed E-state index contributed by atoms with van der Waals surface area (Å²) in [5, 5.41) is 3.01. The summed E-state index contributed by atoms with van der Waals surface area (Å²) in [4.78, 5) is 40.3. The number of rotatable bonds is 6. The van der Waals surface area contributed by atoms with Gasteiger partial charge in [-0.25, -0.2) is 0 Å². The average molecular weight is 398 g/mol. The second-order valence-corrected chi connectivity index (χ2v) is 7.36. The number of carbonyl (C=O) groups excluding carboxylic acids is 3. The normalized spacial score (nSPS) is 21.0. The van der Waals surface area contributed by atoms with Crippen LogP contribution in [0.4, 0.5) is 0 Å². The largest absolute Gasteiger partial charge is 0.484 e. The molecule has 2 aliphatic rings. The maximum Gasteiger partial charge on any atom is 0.322 e. The van der Waals surface area contributed by atoms with E-state index in [9.17, 15) is 14.4 Å². The number of nitrogens with one attached hydrogen (secondary N) is 1. The monoisotopic (exact) mass is 398 g/mol. The molecule has 1 aliphatic carbocycles. The summed E-state index contributed by atoms with van der Waals surface area (Å²) in [7, 11) is 1.25. The molecule has 1 heterocycles. The molecule has 1 saturated carbocycles. The van der Waals surface area contributed by atoms with Crippen molar-refractivity contribution in [1.82, 2.24) is 5.32 Å². The van der Waals surface area contributed by atoms with Crippen molar-refractivity contribution < 1.29 is 23.9 Å². The van der Waals surface area contributed by atoms with Gasteiger partial charge in [-0.2, -0.15) is 0 Å². The van der Waals surface area contributed by atoms with E-state index < -0.39 is 11.9 Å². The van der Waals surface area contributed by atoms with Gasteiger partial charge in [0.25, 0.3) is 5.91 Å². The van der Waals surface area contributed by atoms with E-state index in [-0.39, 0.29) is 30.0 Å². The highest BCUT2D eigenvalue weighted by atomic mass is 16.5. The lowest BCUT2D eigenvalue weighted by Crippen LogP contribution is -2.38. The molecule has 0 bridgehead atoms. The van der Waals surface area contributed by atoms with E-state index in [1.165, 1.54) is 13.5 Å². The van der Waals surface area contributed by atoms with Gasteiger partial charge in [-0.15, -0.1) is 0 Å². The van der Waals surface area contributed by atoms with Crippen LogP contribution in [0.15, 0.2) is 35.0 Å². The molecule has 0 aromatic heterocycles. The third kappa shape index (κ3) is 5.31.